The van der Waals surface area contributed by atoms with Crippen molar-refractivity contribution >= 4 is 24.4 Å². The Morgan fingerprint density at radius 1 is 1.60 bits per heavy atom. The average molecular weight is 169 g/mol. The zero-order chi connectivity index (χ0) is 7.28. The molecule has 0 bridgehead atoms. The van der Waals surface area contributed by atoms with E-state index in [0.717, 1.165) is 0 Å². The van der Waals surface area contributed by atoms with Crippen molar-refractivity contribution < 1.29 is 14.3 Å². The average Bonchev–Trinajstić information content (AvgIpc) is 1.83. The van der Waals surface area contributed by atoms with E-state index in [2.05, 4.69) is 15.8 Å². The number of ether oxygens (including phenoxy) is 1. The SMILES string of the molecule is COC(=O)NCC(N)=O.Cl. The summed E-state index contributed by atoms with van der Waals surface area (Å²) in [5.74, 6) is -0.597. The van der Waals surface area contributed by atoms with Crippen molar-refractivity contribution in [1.82, 2.24) is 5.32 Å². The van der Waals surface area contributed by atoms with Gasteiger partial charge in [0.1, 0.15) is 0 Å². The third kappa shape index (κ3) is 7.03. The molecule has 5 nitrogen and oxygen atoms in total. The lowest BCUT2D eigenvalue weighted by molar-refractivity contribution is -0.117. The van der Waals surface area contributed by atoms with E-state index in [1.54, 1.807) is 0 Å². The molecule has 10 heavy (non-hydrogen) atoms. The Hall–Kier alpha value is -0.970. The Balaban J connectivity index is 0. The molecule has 0 heterocycles. The van der Waals surface area contributed by atoms with Crippen LogP contribution in [-0.4, -0.2) is 25.7 Å². The number of rotatable bonds is 2. The molecule has 0 aliphatic rings. The number of hydrogen-bond acceptors (Lipinski definition) is 3. The second-order valence-corrected chi connectivity index (χ2v) is 1.31. The van der Waals surface area contributed by atoms with Crippen LogP contribution in [0.25, 0.3) is 0 Å². The van der Waals surface area contributed by atoms with E-state index in [1.165, 1.54) is 7.11 Å². The van der Waals surface area contributed by atoms with Crippen molar-refractivity contribution in [1.29, 1.82) is 0 Å². The van der Waals surface area contributed by atoms with E-state index in [0.29, 0.717) is 0 Å². The van der Waals surface area contributed by atoms with E-state index < -0.39 is 12.0 Å². The van der Waals surface area contributed by atoms with Crippen LogP contribution in [0.3, 0.4) is 0 Å². The monoisotopic (exact) mass is 168 g/mol. The highest BCUT2D eigenvalue weighted by Gasteiger charge is 1.98. The molecular weight excluding hydrogens is 160 g/mol. The van der Waals surface area contributed by atoms with Gasteiger partial charge in [-0.3, -0.25) is 4.79 Å². The van der Waals surface area contributed by atoms with E-state index >= 15 is 0 Å². The van der Waals surface area contributed by atoms with Crippen LogP contribution in [0.1, 0.15) is 0 Å². The molecule has 2 amide bonds. The Kier molecular flexibility index (Phi) is 7.25. The fourth-order valence-electron chi connectivity index (χ4n) is 0.231. The van der Waals surface area contributed by atoms with Crippen molar-refractivity contribution in [3.05, 3.63) is 0 Å². The van der Waals surface area contributed by atoms with Gasteiger partial charge in [0.05, 0.1) is 13.7 Å². The predicted molar refractivity (Wildman–Crippen MR) is 36.9 cm³/mol. The molecule has 0 aromatic carbocycles. The van der Waals surface area contributed by atoms with Gasteiger partial charge in [-0.25, -0.2) is 4.79 Å². The lowest BCUT2D eigenvalue weighted by Crippen LogP contribution is -2.33. The molecule has 0 aliphatic heterocycles. The highest BCUT2D eigenvalue weighted by molar-refractivity contribution is 5.85. The van der Waals surface area contributed by atoms with E-state index in [-0.39, 0.29) is 19.0 Å². The van der Waals surface area contributed by atoms with Crippen LogP contribution < -0.4 is 11.1 Å². The van der Waals surface area contributed by atoms with E-state index in [4.69, 9.17) is 0 Å². The summed E-state index contributed by atoms with van der Waals surface area (Å²) in [6.45, 7) is -0.188. The molecule has 0 aromatic heterocycles. The summed E-state index contributed by atoms with van der Waals surface area (Å²) in [5, 5.41) is 2.10. The minimum absolute atomic E-state index is 0. The molecule has 0 aliphatic carbocycles. The lowest BCUT2D eigenvalue weighted by atomic mass is 10.6. The fourth-order valence-corrected chi connectivity index (χ4v) is 0.231. The molecule has 0 fully saturated rings. The van der Waals surface area contributed by atoms with Gasteiger partial charge in [0.15, 0.2) is 0 Å². The first-order valence-electron chi connectivity index (χ1n) is 2.27. The number of halogens is 1. The van der Waals surface area contributed by atoms with Gasteiger partial charge >= 0.3 is 6.09 Å². The van der Waals surface area contributed by atoms with Crippen LogP contribution in [0.15, 0.2) is 0 Å². The van der Waals surface area contributed by atoms with Crippen LogP contribution in [0.5, 0.6) is 0 Å². The second-order valence-electron chi connectivity index (χ2n) is 1.31. The molecule has 0 aromatic rings. The van der Waals surface area contributed by atoms with Crippen molar-refractivity contribution in [3.63, 3.8) is 0 Å². The van der Waals surface area contributed by atoms with Crippen LogP contribution in [0.4, 0.5) is 4.79 Å². The predicted octanol–water partition coefficient (Wildman–Crippen LogP) is -0.751. The zero-order valence-corrected chi connectivity index (χ0v) is 6.23. The minimum Gasteiger partial charge on any atom is -0.453 e. The first kappa shape index (κ1) is 11.8. The van der Waals surface area contributed by atoms with Gasteiger partial charge in [0.25, 0.3) is 0 Å². The highest BCUT2D eigenvalue weighted by Crippen LogP contribution is 1.67. The maximum absolute atomic E-state index is 10.2. The van der Waals surface area contributed by atoms with Crippen LogP contribution >= 0.6 is 12.4 Å². The first-order valence-corrected chi connectivity index (χ1v) is 2.27. The number of carbonyl (C=O) groups is 2. The van der Waals surface area contributed by atoms with Gasteiger partial charge in [0.2, 0.25) is 5.91 Å². The number of nitrogens with two attached hydrogens (primary N) is 1. The molecule has 0 rings (SSSR count). The first-order chi connectivity index (χ1) is 4.16. The largest absolute Gasteiger partial charge is 0.453 e. The summed E-state index contributed by atoms with van der Waals surface area (Å²) in [4.78, 5) is 20.1. The standard InChI is InChI=1S/C4H8N2O3.ClH/c1-9-4(8)6-2-3(5)7;/h2H2,1H3,(H2,5,7)(H,6,8);1H. The van der Waals surface area contributed by atoms with Crippen molar-refractivity contribution in [2.75, 3.05) is 13.7 Å². The number of methoxy groups -OCH3 is 1. The molecule has 0 spiro atoms. The smallest absolute Gasteiger partial charge is 0.407 e. The molecule has 3 N–H and O–H groups in total. The van der Waals surface area contributed by atoms with Gasteiger partial charge in [-0.1, -0.05) is 0 Å². The van der Waals surface area contributed by atoms with Crippen molar-refractivity contribution in [3.8, 4) is 0 Å². The molecule has 0 unspecified atom stereocenters. The fraction of sp³-hybridized carbons (Fsp3) is 0.500. The summed E-state index contributed by atoms with van der Waals surface area (Å²) in [6.07, 6.45) is -0.659. The normalized spacial score (nSPS) is 7.30. The number of hydrogen-bond donors (Lipinski definition) is 2. The molecular formula is C4H9ClN2O3. The number of primary amides is 1. The summed E-state index contributed by atoms with van der Waals surface area (Å²) in [5.41, 5.74) is 4.69. The summed E-state index contributed by atoms with van der Waals surface area (Å²) in [7, 11) is 1.20. The Bertz CT molecular complexity index is 128. The molecule has 0 radical (unpaired) electrons. The van der Waals surface area contributed by atoms with Crippen LogP contribution in [0, 0.1) is 0 Å². The topological polar surface area (TPSA) is 81.4 Å². The summed E-state index contributed by atoms with van der Waals surface area (Å²) < 4.78 is 4.14. The van der Waals surface area contributed by atoms with E-state index in [1.807, 2.05) is 0 Å². The molecule has 0 atom stereocenters. The van der Waals surface area contributed by atoms with Crippen molar-refractivity contribution in [2.24, 2.45) is 5.73 Å². The Morgan fingerprint density at radius 3 is 2.40 bits per heavy atom. The van der Waals surface area contributed by atoms with Gasteiger partial charge in [-0.2, -0.15) is 0 Å². The van der Waals surface area contributed by atoms with Crippen LogP contribution in [-0.2, 0) is 9.53 Å². The maximum Gasteiger partial charge on any atom is 0.407 e. The zero-order valence-electron chi connectivity index (χ0n) is 5.42. The second kappa shape index (κ2) is 6.15. The van der Waals surface area contributed by atoms with Gasteiger partial charge < -0.3 is 15.8 Å². The van der Waals surface area contributed by atoms with E-state index in [9.17, 15) is 9.59 Å². The third-order valence-electron chi connectivity index (χ3n) is 0.592. The Labute approximate surface area is 64.3 Å². The highest BCUT2D eigenvalue weighted by atomic mass is 35.5. The molecule has 60 valence electrons. The van der Waals surface area contributed by atoms with Gasteiger partial charge in [-0.05, 0) is 0 Å². The number of amides is 2. The van der Waals surface area contributed by atoms with Gasteiger partial charge in [0, 0.05) is 0 Å². The summed E-state index contributed by atoms with van der Waals surface area (Å²) in [6, 6.07) is 0. The van der Waals surface area contributed by atoms with Gasteiger partial charge in [-0.15, -0.1) is 12.4 Å². The van der Waals surface area contributed by atoms with Crippen LogP contribution in [0.2, 0.25) is 0 Å². The quantitative estimate of drug-likeness (QED) is 0.569. The summed E-state index contributed by atoms with van der Waals surface area (Å²) >= 11 is 0. The maximum atomic E-state index is 10.2. The third-order valence-corrected chi connectivity index (χ3v) is 0.592. The Morgan fingerprint density at radius 2 is 2.10 bits per heavy atom. The lowest BCUT2D eigenvalue weighted by Gasteiger charge is -1.97. The number of carbonyl (C=O) groups excluding carboxylic acids is 2. The molecule has 6 heteroatoms. The number of alkyl carbamates (subject to hydrolysis) is 1. The van der Waals surface area contributed by atoms with Crippen molar-refractivity contribution in [2.45, 2.75) is 0 Å². The number of nitrogens with one attached hydrogen (secondary N) is 1. The molecule has 0 saturated carbocycles. The molecule has 0 saturated heterocycles. The minimum atomic E-state index is -0.659.